The van der Waals surface area contributed by atoms with Crippen LogP contribution in [0, 0.1) is 5.82 Å². The number of para-hydroxylation sites is 1. The Morgan fingerprint density at radius 3 is 2.50 bits per heavy atom. The highest BCUT2D eigenvalue weighted by molar-refractivity contribution is 5.92. The van der Waals surface area contributed by atoms with E-state index in [9.17, 15) is 14.3 Å². The molecule has 0 radical (unpaired) electrons. The molecule has 6 nitrogen and oxygen atoms in total. The summed E-state index contributed by atoms with van der Waals surface area (Å²) in [5.41, 5.74) is 7.36. The molecule has 0 amide bonds. The summed E-state index contributed by atoms with van der Waals surface area (Å²) < 4.78 is 14.2. The van der Waals surface area contributed by atoms with Gasteiger partial charge in [0.2, 0.25) is 0 Å². The van der Waals surface area contributed by atoms with E-state index in [0.717, 1.165) is 0 Å². The first-order valence-electron chi connectivity index (χ1n) is 6.37. The third-order valence-corrected chi connectivity index (χ3v) is 3.19. The van der Waals surface area contributed by atoms with Gasteiger partial charge < -0.3 is 10.8 Å². The van der Waals surface area contributed by atoms with Crippen LogP contribution in [0.4, 0.5) is 10.2 Å². The fraction of sp³-hybridized carbons (Fsp3) is 0. The van der Waals surface area contributed by atoms with Crippen molar-refractivity contribution in [3.8, 4) is 16.9 Å². The number of nitrogens with two attached hydrogens (primary N) is 1. The van der Waals surface area contributed by atoms with Crippen molar-refractivity contribution in [2.24, 2.45) is 0 Å². The van der Waals surface area contributed by atoms with Crippen LogP contribution in [-0.4, -0.2) is 26.1 Å². The van der Waals surface area contributed by atoms with Crippen LogP contribution in [0.15, 0.2) is 48.5 Å². The minimum absolute atomic E-state index is 0.0600. The highest BCUT2D eigenvalue weighted by Gasteiger charge is 2.17. The highest BCUT2D eigenvalue weighted by Crippen LogP contribution is 2.26. The Morgan fingerprint density at radius 1 is 1.14 bits per heavy atom. The predicted octanol–water partition coefficient (Wildman–Crippen LogP) is 2.35. The Hall–Kier alpha value is -3.22. The molecule has 0 saturated heterocycles. The maximum absolute atomic E-state index is 13.0. The lowest BCUT2D eigenvalue weighted by Gasteiger charge is -2.07. The van der Waals surface area contributed by atoms with E-state index in [4.69, 9.17) is 5.73 Å². The van der Waals surface area contributed by atoms with Gasteiger partial charge in [0.05, 0.1) is 11.3 Å². The summed E-state index contributed by atoms with van der Waals surface area (Å²) in [4.78, 5) is 11.3. The summed E-state index contributed by atoms with van der Waals surface area (Å²) in [7, 11) is 0. The molecular weight excluding hydrogens is 287 g/mol. The molecule has 0 spiro atoms. The van der Waals surface area contributed by atoms with Gasteiger partial charge in [0.25, 0.3) is 0 Å². The molecular formula is C15H11FN4O2. The van der Waals surface area contributed by atoms with Crippen LogP contribution in [-0.2, 0) is 0 Å². The third kappa shape index (κ3) is 2.28. The Morgan fingerprint density at radius 2 is 1.82 bits per heavy atom. The van der Waals surface area contributed by atoms with Gasteiger partial charge in [0.15, 0.2) is 5.82 Å². The van der Waals surface area contributed by atoms with Crippen molar-refractivity contribution >= 4 is 11.8 Å². The normalized spacial score (nSPS) is 10.6. The number of carboxylic acids is 1. The number of hydrogen-bond donors (Lipinski definition) is 2. The third-order valence-electron chi connectivity index (χ3n) is 3.19. The zero-order valence-electron chi connectivity index (χ0n) is 11.3. The zero-order chi connectivity index (χ0) is 15.7. The molecule has 0 fully saturated rings. The molecule has 2 aromatic carbocycles. The molecule has 3 rings (SSSR count). The standard InChI is InChI=1S/C15H11FN4O2/c16-10-7-5-9(6-8-10)13-14(17)20(19-18-13)12-4-2-1-3-11(12)15(21)22/h1-8H,17H2,(H,21,22). The van der Waals surface area contributed by atoms with Gasteiger partial charge in [-0.05, 0) is 36.4 Å². The molecule has 0 bridgehead atoms. The van der Waals surface area contributed by atoms with E-state index >= 15 is 0 Å². The number of nitrogen functional groups attached to an aromatic ring is 1. The number of benzene rings is 2. The molecule has 0 aliphatic heterocycles. The van der Waals surface area contributed by atoms with Gasteiger partial charge in [-0.3, -0.25) is 0 Å². The summed E-state index contributed by atoms with van der Waals surface area (Å²) >= 11 is 0. The van der Waals surface area contributed by atoms with Crippen LogP contribution in [0.1, 0.15) is 10.4 Å². The van der Waals surface area contributed by atoms with E-state index in [1.54, 1.807) is 18.2 Å². The number of halogens is 1. The van der Waals surface area contributed by atoms with E-state index in [1.165, 1.54) is 35.0 Å². The van der Waals surface area contributed by atoms with Crippen LogP contribution < -0.4 is 5.73 Å². The van der Waals surface area contributed by atoms with Crippen LogP contribution in [0.25, 0.3) is 16.9 Å². The number of carboxylic acid groups (broad SMARTS) is 1. The Balaban J connectivity index is 2.12. The Kier molecular flexibility index (Phi) is 3.30. The minimum Gasteiger partial charge on any atom is -0.478 e. The number of rotatable bonds is 3. The Labute approximate surface area is 124 Å². The van der Waals surface area contributed by atoms with Crippen LogP contribution in [0.3, 0.4) is 0 Å². The van der Waals surface area contributed by atoms with Gasteiger partial charge in [-0.2, -0.15) is 4.68 Å². The lowest BCUT2D eigenvalue weighted by molar-refractivity contribution is 0.0697. The summed E-state index contributed by atoms with van der Waals surface area (Å²) in [6, 6.07) is 12.0. The maximum atomic E-state index is 13.0. The molecule has 0 aliphatic rings. The molecule has 0 aliphatic carbocycles. The van der Waals surface area contributed by atoms with Gasteiger partial charge in [-0.15, -0.1) is 5.10 Å². The van der Waals surface area contributed by atoms with Crippen molar-refractivity contribution in [3.05, 3.63) is 59.9 Å². The molecule has 1 aromatic heterocycles. The molecule has 3 N–H and O–H groups in total. The first kappa shape index (κ1) is 13.7. The number of anilines is 1. The number of aromatic carboxylic acids is 1. The van der Waals surface area contributed by atoms with Crippen molar-refractivity contribution in [1.29, 1.82) is 0 Å². The smallest absolute Gasteiger partial charge is 0.337 e. The first-order valence-corrected chi connectivity index (χ1v) is 6.37. The average molecular weight is 298 g/mol. The molecule has 0 saturated carbocycles. The molecule has 22 heavy (non-hydrogen) atoms. The summed E-state index contributed by atoms with van der Waals surface area (Å²) in [5.74, 6) is -1.28. The van der Waals surface area contributed by atoms with Gasteiger partial charge >= 0.3 is 5.97 Å². The van der Waals surface area contributed by atoms with Gasteiger partial charge in [-0.1, -0.05) is 17.3 Å². The average Bonchev–Trinajstić information content (AvgIpc) is 2.89. The lowest BCUT2D eigenvalue weighted by atomic mass is 10.1. The predicted molar refractivity (Wildman–Crippen MR) is 78.1 cm³/mol. The van der Waals surface area contributed by atoms with Gasteiger partial charge in [0.1, 0.15) is 11.5 Å². The Bertz CT molecular complexity index is 843. The fourth-order valence-electron chi connectivity index (χ4n) is 2.12. The van der Waals surface area contributed by atoms with Crippen molar-refractivity contribution in [2.45, 2.75) is 0 Å². The number of carbonyl (C=O) groups is 1. The SMILES string of the molecule is Nc1c(-c2ccc(F)cc2)nnn1-c1ccccc1C(=O)O. The zero-order valence-corrected chi connectivity index (χ0v) is 11.3. The summed E-state index contributed by atoms with van der Waals surface area (Å²) in [5, 5.41) is 17.1. The topological polar surface area (TPSA) is 94.0 Å². The van der Waals surface area contributed by atoms with Crippen molar-refractivity contribution in [2.75, 3.05) is 5.73 Å². The monoisotopic (exact) mass is 298 g/mol. The van der Waals surface area contributed by atoms with Crippen molar-refractivity contribution in [3.63, 3.8) is 0 Å². The highest BCUT2D eigenvalue weighted by atomic mass is 19.1. The van der Waals surface area contributed by atoms with Crippen LogP contribution in [0.5, 0.6) is 0 Å². The summed E-state index contributed by atoms with van der Waals surface area (Å²) in [6.45, 7) is 0. The quantitative estimate of drug-likeness (QED) is 0.774. The first-order chi connectivity index (χ1) is 10.6. The van der Waals surface area contributed by atoms with E-state index < -0.39 is 5.97 Å². The maximum Gasteiger partial charge on any atom is 0.337 e. The second-order valence-corrected chi connectivity index (χ2v) is 4.56. The van der Waals surface area contributed by atoms with Crippen molar-refractivity contribution in [1.82, 2.24) is 15.0 Å². The molecule has 110 valence electrons. The molecule has 7 heteroatoms. The van der Waals surface area contributed by atoms with E-state index in [1.807, 2.05) is 0 Å². The molecule has 0 atom stereocenters. The van der Waals surface area contributed by atoms with Gasteiger partial charge in [0, 0.05) is 5.56 Å². The van der Waals surface area contributed by atoms with Crippen molar-refractivity contribution < 1.29 is 14.3 Å². The second-order valence-electron chi connectivity index (χ2n) is 4.56. The lowest BCUT2D eigenvalue weighted by Crippen LogP contribution is -2.09. The van der Waals surface area contributed by atoms with E-state index in [0.29, 0.717) is 16.9 Å². The molecule has 1 heterocycles. The fourth-order valence-corrected chi connectivity index (χ4v) is 2.12. The number of aromatic nitrogens is 3. The second kappa shape index (κ2) is 5.28. The molecule has 3 aromatic rings. The summed E-state index contributed by atoms with van der Waals surface area (Å²) in [6.07, 6.45) is 0. The van der Waals surface area contributed by atoms with Crippen LogP contribution >= 0.6 is 0 Å². The van der Waals surface area contributed by atoms with Crippen LogP contribution in [0.2, 0.25) is 0 Å². The van der Waals surface area contributed by atoms with Gasteiger partial charge in [-0.25, -0.2) is 9.18 Å². The largest absolute Gasteiger partial charge is 0.478 e. The van der Waals surface area contributed by atoms with E-state index in [2.05, 4.69) is 10.3 Å². The number of hydrogen-bond acceptors (Lipinski definition) is 4. The van der Waals surface area contributed by atoms with E-state index in [-0.39, 0.29) is 17.2 Å². The minimum atomic E-state index is -1.09. The number of nitrogens with zero attached hydrogens (tertiary/aromatic N) is 3. The molecule has 0 unspecified atom stereocenters.